The Hall–Kier alpha value is 2.69. The summed E-state index contributed by atoms with van der Waals surface area (Å²) in [4.78, 5) is 51.3. The van der Waals surface area contributed by atoms with Crippen LogP contribution in [-0.2, 0) is 41.8 Å². The molecule has 0 saturated heterocycles. The summed E-state index contributed by atoms with van der Waals surface area (Å²) in [7, 11) is -10.8. The van der Waals surface area contributed by atoms with Crippen molar-refractivity contribution in [3.63, 3.8) is 0 Å². The first-order valence-electron chi connectivity index (χ1n) is 1.46. The maximum Gasteiger partial charge on any atom is 3.00 e. The van der Waals surface area contributed by atoms with Crippen LogP contribution in [0, 0.1) is 41.3 Å². The summed E-state index contributed by atoms with van der Waals surface area (Å²) in [6.07, 6.45) is 0. The van der Waals surface area contributed by atoms with Gasteiger partial charge >= 0.3 is 74.0 Å². The van der Waals surface area contributed by atoms with E-state index in [-0.39, 0.29) is 74.0 Å². The van der Waals surface area contributed by atoms with E-state index in [1.54, 1.807) is 0 Å². The molecule has 0 atom stereocenters. The molecule has 12 heteroatoms. The molecule has 0 bridgehead atoms. The molecule has 0 aromatic carbocycles. The van der Waals surface area contributed by atoms with E-state index in [4.69, 9.17) is 38.5 Å². The summed E-state index contributed by atoms with van der Waals surface area (Å²) < 4.78 is 17.1. The van der Waals surface area contributed by atoms with Crippen LogP contribution in [0.2, 0.25) is 0 Å². The van der Waals surface area contributed by atoms with Crippen molar-refractivity contribution >= 4 is 15.6 Å². The van der Waals surface area contributed by atoms with Crippen LogP contribution in [0.4, 0.5) is 0 Å². The zero-order chi connectivity index (χ0) is 9.00. The summed E-state index contributed by atoms with van der Waals surface area (Å²) in [6.45, 7) is 0. The summed E-state index contributed by atoms with van der Waals surface area (Å²) in [5.74, 6) is 0. The second kappa shape index (κ2) is 10.2. The second-order valence-corrected chi connectivity index (χ2v) is 2.68. The standard InChI is InChI=1S/2H3O4P.Pr.Y/c2*1-5(2,3)4;;/h2*(H3,1,2,3,4);;/q;;2*+3/p-6. The largest absolute Gasteiger partial charge is 3.00 e. The third-order valence-corrected chi connectivity index (χ3v) is 0. The van der Waals surface area contributed by atoms with Gasteiger partial charge in [0.2, 0.25) is 0 Å². The van der Waals surface area contributed by atoms with E-state index in [0.717, 1.165) is 0 Å². The Balaban J connectivity index is -0.0000000457. The summed E-state index contributed by atoms with van der Waals surface area (Å²) in [5.41, 5.74) is 0. The molecule has 0 radical (unpaired) electrons. The van der Waals surface area contributed by atoms with Gasteiger partial charge in [-0.15, -0.1) is 0 Å². The molecule has 0 aliphatic carbocycles. The summed E-state index contributed by atoms with van der Waals surface area (Å²) >= 11 is 0. The van der Waals surface area contributed by atoms with Gasteiger partial charge in [-0.1, -0.05) is 0 Å². The third-order valence-electron chi connectivity index (χ3n) is 0. The Kier molecular flexibility index (Phi) is 20.5. The van der Waals surface area contributed by atoms with Crippen molar-refractivity contribution in [2.24, 2.45) is 0 Å². The SMILES string of the molecule is O=P([O-])([O-])[O-].O=P([O-])([O-])[O-].[Pr+3].[Y+3]. The molecule has 0 aromatic heterocycles. The number of rotatable bonds is 0. The van der Waals surface area contributed by atoms with Gasteiger partial charge in [0.15, 0.2) is 0 Å². The van der Waals surface area contributed by atoms with Gasteiger partial charge in [-0.25, -0.2) is 0 Å². The molecule has 64 valence electrons. The molecule has 0 N–H and O–H groups in total. The zero-order valence-electron chi connectivity index (χ0n) is 5.32. The van der Waals surface area contributed by atoms with E-state index in [9.17, 15) is 0 Å². The monoisotopic (exact) mass is 420 g/mol. The van der Waals surface area contributed by atoms with Gasteiger partial charge in [-0.2, -0.15) is 15.6 Å². The molecule has 0 saturated carbocycles. The first-order chi connectivity index (χ1) is 4.00. The number of hydrogen-bond donors (Lipinski definition) is 0. The van der Waals surface area contributed by atoms with Crippen molar-refractivity contribution in [2.75, 3.05) is 0 Å². The molecule has 0 fully saturated rings. The maximum absolute atomic E-state index is 8.55. The van der Waals surface area contributed by atoms with Gasteiger partial charge < -0.3 is 38.5 Å². The molecule has 0 aromatic rings. The van der Waals surface area contributed by atoms with Crippen LogP contribution >= 0.6 is 15.6 Å². The molecular weight excluding hydrogens is 420 g/mol. The number of phosphoric acid groups is 2. The van der Waals surface area contributed by atoms with Gasteiger partial charge in [0.25, 0.3) is 0 Å². The summed E-state index contributed by atoms with van der Waals surface area (Å²) in [6, 6.07) is 0. The van der Waals surface area contributed by atoms with Crippen molar-refractivity contribution < 1.29 is 112 Å². The van der Waals surface area contributed by atoms with E-state index in [0.29, 0.717) is 0 Å². The fraction of sp³-hybridized carbons (Fsp3) is 0. The molecule has 0 unspecified atom stereocenters. The van der Waals surface area contributed by atoms with E-state index in [1.807, 2.05) is 0 Å². The minimum absolute atomic E-state index is 0. The molecule has 0 amide bonds. The van der Waals surface area contributed by atoms with Crippen molar-refractivity contribution in [1.29, 1.82) is 0 Å². The Bertz CT molecular complexity index is 129. The quantitative estimate of drug-likeness (QED) is 0.349. The predicted octanol–water partition coefficient (Wildman–Crippen LogP) is -5.65. The molecule has 8 nitrogen and oxygen atoms in total. The van der Waals surface area contributed by atoms with Crippen molar-refractivity contribution in [3.8, 4) is 0 Å². The average Bonchev–Trinajstić information content (AvgIpc) is 1.12. The van der Waals surface area contributed by atoms with Crippen molar-refractivity contribution in [1.82, 2.24) is 0 Å². The van der Waals surface area contributed by atoms with Gasteiger partial charge in [0.1, 0.15) is 0 Å². The topological polar surface area (TPSA) is 172 Å². The summed E-state index contributed by atoms with van der Waals surface area (Å²) in [5, 5.41) is 0. The first-order valence-corrected chi connectivity index (χ1v) is 4.38. The minimum atomic E-state index is -5.39. The molecular formula is O8P2PrY. The Labute approximate surface area is 126 Å². The van der Waals surface area contributed by atoms with Gasteiger partial charge in [-0.05, 0) is 0 Å². The van der Waals surface area contributed by atoms with Crippen LogP contribution in [0.15, 0.2) is 0 Å². The van der Waals surface area contributed by atoms with E-state index >= 15 is 0 Å². The van der Waals surface area contributed by atoms with Crippen LogP contribution in [0.1, 0.15) is 0 Å². The maximum atomic E-state index is 8.55. The molecule has 0 heterocycles. The zero-order valence-corrected chi connectivity index (χ0v) is 13.6. The third kappa shape index (κ3) is 240. The predicted molar refractivity (Wildman–Crippen MR) is 15.2 cm³/mol. The van der Waals surface area contributed by atoms with Crippen LogP contribution in [0.5, 0.6) is 0 Å². The normalized spacial score (nSPS) is 9.83. The van der Waals surface area contributed by atoms with Crippen LogP contribution in [-0.4, -0.2) is 0 Å². The fourth-order valence-electron chi connectivity index (χ4n) is 0. The minimum Gasteiger partial charge on any atom is -0.822 e. The molecule has 0 aliphatic heterocycles. The fourth-order valence-corrected chi connectivity index (χ4v) is 0. The molecule has 0 spiro atoms. The number of hydrogen-bond acceptors (Lipinski definition) is 8. The van der Waals surface area contributed by atoms with Crippen molar-refractivity contribution in [2.45, 2.75) is 0 Å². The second-order valence-electron chi connectivity index (χ2n) is 0.894. The van der Waals surface area contributed by atoms with E-state index in [1.165, 1.54) is 0 Å². The van der Waals surface area contributed by atoms with Gasteiger partial charge in [0.05, 0.1) is 0 Å². The van der Waals surface area contributed by atoms with Gasteiger partial charge in [0, 0.05) is 0 Å². The van der Waals surface area contributed by atoms with E-state index < -0.39 is 15.6 Å². The van der Waals surface area contributed by atoms with Crippen LogP contribution in [0.25, 0.3) is 0 Å². The average molecular weight is 420 g/mol. The van der Waals surface area contributed by atoms with Gasteiger partial charge in [-0.3, -0.25) is 0 Å². The smallest absolute Gasteiger partial charge is 0.822 e. The van der Waals surface area contributed by atoms with E-state index in [2.05, 4.69) is 0 Å². The Morgan fingerprint density at radius 1 is 0.667 bits per heavy atom. The molecule has 0 aliphatic rings. The Morgan fingerprint density at radius 3 is 0.667 bits per heavy atom. The van der Waals surface area contributed by atoms with Crippen molar-refractivity contribution in [3.05, 3.63) is 0 Å². The first kappa shape index (κ1) is 24.1. The molecule has 12 heavy (non-hydrogen) atoms. The molecule has 0 rings (SSSR count). The van der Waals surface area contributed by atoms with Crippen LogP contribution in [0.3, 0.4) is 0 Å². The Morgan fingerprint density at radius 2 is 0.667 bits per heavy atom. The van der Waals surface area contributed by atoms with Crippen LogP contribution < -0.4 is 29.4 Å².